The second-order valence-electron chi connectivity index (χ2n) is 9.80. The highest BCUT2D eigenvalue weighted by molar-refractivity contribution is 5.96. The maximum absolute atomic E-state index is 13.6. The zero-order valence-electron chi connectivity index (χ0n) is 17.6. The molecule has 1 amide bonds. The van der Waals surface area contributed by atoms with Gasteiger partial charge in [-0.25, -0.2) is 4.79 Å². The van der Waals surface area contributed by atoms with Gasteiger partial charge in [0.25, 0.3) is 0 Å². The largest absolute Gasteiger partial charge is 0.449 e. The molecular weight excluding hydrogens is 390 g/mol. The van der Waals surface area contributed by atoms with Gasteiger partial charge in [0, 0.05) is 18.5 Å². The molecule has 2 saturated carbocycles. The van der Waals surface area contributed by atoms with E-state index in [9.17, 15) is 14.7 Å². The van der Waals surface area contributed by atoms with Crippen LogP contribution in [0.2, 0.25) is 0 Å². The van der Waals surface area contributed by atoms with Gasteiger partial charge in [-0.2, -0.15) is 0 Å². The van der Waals surface area contributed by atoms with Crippen LogP contribution < -0.4 is 0 Å². The molecule has 5 heteroatoms. The van der Waals surface area contributed by atoms with Gasteiger partial charge in [0.1, 0.15) is 0 Å². The van der Waals surface area contributed by atoms with E-state index in [0.717, 1.165) is 55.2 Å². The SMILES string of the molecule is O=C1OC2(CCN(C(=O)C3(c4ccc(C5(O)CCCC5)cc4)CC3)C2)c2ccccc21. The first-order valence-corrected chi connectivity index (χ1v) is 11.4. The predicted molar refractivity (Wildman–Crippen MR) is 114 cm³/mol. The molecule has 1 saturated heterocycles. The minimum Gasteiger partial charge on any atom is -0.449 e. The van der Waals surface area contributed by atoms with Gasteiger partial charge in [0.05, 0.1) is 23.1 Å². The molecule has 1 N–H and O–H groups in total. The number of carbonyl (C=O) groups excluding carboxylic acids is 2. The minimum atomic E-state index is -0.708. The van der Waals surface area contributed by atoms with E-state index in [-0.39, 0.29) is 11.9 Å². The first kappa shape index (κ1) is 19.1. The second-order valence-corrected chi connectivity index (χ2v) is 9.80. The summed E-state index contributed by atoms with van der Waals surface area (Å²) in [6.07, 6.45) is 6.07. The van der Waals surface area contributed by atoms with Crippen LogP contribution in [0, 0.1) is 0 Å². The van der Waals surface area contributed by atoms with E-state index < -0.39 is 16.6 Å². The molecule has 0 radical (unpaired) electrons. The number of esters is 1. The van der Waals surface area contributed by atoms with Crippen molar-refractivity contribution in [2.24, 2.45) is 0 Å². The zero-order chi connectivity index (χ0) is 21.3. The number of hydrogen-bond acceptors (Lipinski definition) is 4. The van der Waals surface area contributed by atoms with Crippen molar-refractivity contribution in [3.8, 4) is 0 Å². The molecule has 2 aromatic carbocycles. The molecule has 160 valence electrons. The Morgan fingerprint density at radius 1 is 0.903 bits per heavy atom. The number of carbonyl (C=O) groups is 2. The number of aliphatic hydroxyl groups is 1. The van der Waals surface area contributed by atoms with Crippen molar-refractivity contribution in [1.82, 2.24) is 4.90 Å². The van der Waals surface area contributed by atoms with Crippen LogP contribution in [0.1, 0.15) is 72.0 Å². The Morgan fingerprint density at radius 3 is 2.29 bits per heavy atom. The summed E-state index contributed by atoms with van der Waals surface area (Å²) in [6.45, 7) is 1.02. The maximum atomic E-state index is 13.6. The van der Waals surface area contributed by atoms with E-state index in [2.05, 4.69) is 0 Å². The van der Waals surface area contributed by atoms with Gasteiger partial charge in [-0.3, -0.25) is 4.79 Å². The quantitative estimate of drug-likeness (QED) is 0.772. The normalized spacial score (nSPS) is 27.4. The van der Waals surface area contributed by atoms with Gasteiger partial charge in [-0.1, -0.05) is 55.3 Å². The zero-order valence-corrected chi connectivity index (χ0v) is 17.6. The maximum Gasteiger partial charge on any atom is 0.339 e. The van der Waals surface area contributed by atoms with Crippen molar-refractivity contribution in [1.29, 1.82) is 0 Å². The van der Waals surface area contributed by atoms with Gasteiger partial charge in [0.15, 0.2) is 5.60 Å². The summed E-state index contributed by atoms with van der Waals surface area (Å²) in [7, 11) is 0. The van der Waals surface area contributed by atoms with Gasteiger partial charge >= 0.3 is 5.97 Å². The lowest BCUT2D eigenvalue weighted by Crippen LogP contribution is -2.40. The summed E-state index contributed by atoms with van der Waals surface area (Å²) in [6, 6.07) is 15.6. The molecule has 2 heterocycles. The third-order valence-electron chi connectivity index (χ3n) is 8.01. The molecular formula is C26H27NO4. The molecule has 1 unspecified atom stereocenters. The van der Waals surface area contributed by atoms with Crippen LogP contribution in [0.25, 0.3) is 0 Å². The molecule has 2 aliphatic heterocycles. The highest BCUT2D eigenvalue weighted by Gasteiger charge is 2.57. The molecule has 6 rings (SSSR count). The van der Waals surface area contributed by atoms with E-state index in [1.807, 2.05) is 47.4 Å². The number of rotatable bonds is 3. The van der Waals surface area contributed by atoms with Crippen LogP contribution in [0.5, 0.6) is 0 Å². The van der Waals surface area contributed by atoms with E-state index in [4.69, 9.17) is 4.74 Å². The van der Waals surface area contributed by atoms with Crippen LogP contribution >= 0.6 is 0 Å². The molecule has 0 aromatic heterocycles. The van der Waals surface area contributed by atoms with Crippen LogP contribution in [0.4, 0.5) is 0 Å². The Bertz CT molecular complexity index is 1070. The van der Waals surface area contributed by atoms with Crippen LogP contribution in [0.15, 0.2) is 48.5 Å². The lowest BCUT2D eigenvalue weighted by molar-refractivity contribution is -0.134. The molecule has 2 aromatic rings. The fourth-order valence-corrected chi connectivity index (χ4v) is 6.01. The number of fused-ring (bicyclic) bond motifs is 2. The fourth-order valence-electron chi connectivity index (χ4n) is 6.01. The monoisotopic (exact) mass is 417 g/mol. The van der Waals surface area contributed by atoms with Crippen LogP contribution in [-0.2, 0) is 26.1 Å². The summed E-state index contributed by atoms with van der Waals surface area (Å²) in [5.74, 6) is -0.149. The summed E-state index contributed by atoms with van der Waals surface area (Å²) in [5, 5.41) is 10.9. The lowest BCUT2D eigenvalue weighted by Gasteiger charge is -2.27. The average molecular weight is 418 g/mol. The van der Waals surface area contributed by atoms with E-state index in [1.54, 1.807) is 6.07 Å². The first-order valence-electron chi connectivity index (χ1n) is 11.4. The summed E-state index contributed by atoms with van der Waals surface area (Å²) < 4.78 is 5.82. The highest BCUT2D eigenvalue weighted by Crippen LogP contribution is 2.52. The predicted octanol–water partition coefficient (Wildman–Crippen LogP) is 3.78. The molecule has 1 atom stereocenters. The molecule has 31 heavy (non-hydrogen) atoms. The molecule has 4 aliphatic rings. The fraction of sp³-hybridized carbons (Fsp3) is 0.462. The summed E-state index contributed by atoms with van der Waals surface area (Å²) in [4.78, 5) is 27.8. The smallest absolute Gasteiger partial charge is 0.339 e. The van der Waals surface area contributed by atoms with Crippen LogP contribution in [-0.4, -0.2) is 35.0 Å². The Kier molecular flexibility index (Phi) is 3.95. The Balaban J connectivity index is 1.24. The third kappa shape index (κ3) is 2.72. The van der Waals surface area contributed by atoms with Crippen molar-refractivity contribution >= 4 is 11.9 Å². The first-order chi connectivity index (χ1) is 15.0. The van der Waals surface area contributed by atoms with Gasteiger partial charge in [-0.05, 0) is 42.9 Å². The molecule has 0 bridgehead atoms. The summed E-state index contributed by atoms with van der Waals surface area (Å²) in [5.41, 5.74) is 1.66. The molecule has 3 fully saturated rings. The number of ether oxygens (including phenoxy) is 1. The van der Waals surface area contributed by atoms with Gasteiger partial charge in [0.2, 0.25) is 5.91 Å². The summed E-state index contributed by atoms with van der Waals surface area (Å²) >= 11 is 0. The van der Waals surface area contributed by atoms with Crippen LogP contribution in [0.3, 0.4) is 0 Å². The van der Waals surface area contributed by atoms with E-state index >= 15 is 0 Å². The van der Waals surface area contributed by atoms with Gasteiger partial charge in [-0.15, -0.1) is 0 Å². The lowest BCUT2D eigenvalue weighted by atomic mass is 9.88. The van der Waals surface area contributed by atoms with E-state index in [1.165, 1.54) is 0 Å². The average Bonchev–Trinajstić information content (AvgIpc) is 3.16. The highest BCUT2D eigenvalue weighted by atomic mass is 16.6. The number of hydrogen-bond donors (Lipinski definition) is 1. The minimum absolute atomic E-state index is 0.136. The Morgan fingerprint density at radius 2 is 1.58 bits per heavy atom. The Labute approximate surface area is 182 Å². The van der Waals surface area contributed by atoms with Crippen molar-refractivity contribution < 1.29 is 19.4 Å². The van der Waals surface area contributed by atoms with Crippen molar-refractivity contribution in [2.75, 3.05) is 13.1 Å². The topological polar surface area (TPSA) is 66.8 Å². The number of benzene rings is 2. The second kappa shape index (κ2) is 6.42. The Hall–Kier alpha value is -2.66. The van der Waals surface area contributed by atoms with E-state index in [0.29, 0.717) is 25.1 Å². The van der Waals surface area contributed by atoms with Crippen molar-refractivity contribution in [3.05, 3.63) is 70.8 Å². The number of amides is 1. The standard InChI is InChI=1S/C26H27NO4/c28-22-20-5-1-2-6-21(20)26(31-22)15-16-27(17-26)23(29)24(13-14-24)18-7-9-19(10-8-18)25(30)11-3-4-12-25/h1-2,5-10,30H,3-4,11-17H2. The van der Waals surface area contributed by atoms with Crippen molar-refractivity contribution in [3.63, 3.8) is 0 Å². The number of nitrogens with zero attached hydrogens (tertiary/aromatic N) is 1. The molecule has 5 nitrogen and oxygen atoms in total. The van der Waals surface area contributed by atoms with Gasteiger partial charge < -0.3 is 14.7 Å². The molecule has 2 aliphatic carbocycles. The third-order valence-corrected chi connectivity index (χ3v) is 8.01. The van der Waals surface area contributed by atoms with Crippen molar-refractivity contribution in [2.45, 2.75) is 61.6 Å². The number of likely N-dealkylation sites (tertiary alicyclic amines) is 1. The molecule has 1 spiro atoms.